The third kappa shape index (κ3) is 2.22. The first kappa shape index (κ1) is 12.6. The van der Waals surface area contributed by atoms with Gasteiger partial charge in [0, 0.05) is 6.04 Å². The summed E-state index contributed by atoms with van der Waals surface area (Å²) in [6, 6.07) is 4.78. The summed E-state index contributed by atoms with van der Waals surface area (Å²) in [5, 5.41) is 9.23. The lowest BCUT2D eigenvalue weighted by atomic mass is 9.85. The van der Waals surface area contributed by atoms with E-state index in [2.05, 4.69) is 4.98 Å². The number of carboxylic acids is 1. The molecule has 2 rings (SSSR count). The van der Waals surface area contributed by atoms with E-state index in [1.54, 1.807) is 18.2 Å². The number of carboxylic acid groups (broad SMARTS) is 1. The molecule has 0 fully saturated rings. The summed E-state index contributed by atoms with van der Waals surface area (Å²) in [6.45, 7) is 3.71. The maximum absolute atomic E-state index is 11.3. The number of aromatic nitrogens is 1. The molecule has 96 valence electrons. The number of oxazole rings is 1. The van der Waals surface area contributed by atoms with E-state index in [1.165, 1.54) is 6.39 Å². The van der Waals surface area contributed by atoms with Crippen molar-refractivity contribution in [2.75, 3.05) is 0 Å². The van der Waals surface area contributed by atoms with Gasteiger partial charge in [0.1, 0.15) is 5.52 Å². The van der Waals surface area contributed by atoms with Crippen LogP contribution in [0.15, 0.2) is 29.0 Å². The molecule has 5 heteroatoms. The normalized spacial score (nSPS) is 14.9. The highest BCUT2D eigenvalue weighted by Crippen LogP contribution is 2.28. The van der Waals surface area contributed by atoms with E-state index in [-0.39, 0.29) is 5.92 Å². The average molecular weight is 248 g/mol. The van der Waals surface area contributed by atoms with E-state index in [0.29, 0.717) is 5.58 Å². The maximum atomic E-state index is 11.3. The Morgan fingerprint density at radius 2 is 2.17 bits per heavy atom. The van der Waals surface area contributed by atoms with Gasteiger partial charge in [-0.2, -0.15) is 0 Å². The molecule has 0 spiro atoms. The minimum absolute atomic E-state index is 0.0390. The molecule has 1 aromatic carbocycles. The molecule has 0 saturated carbocycles. The molecule has 0 aliphatic heterocycles. The molecule has 5 nitrogen and oxygen atoms in total. The number of fused-ring (bicyclic) bond motifs is 1. The second-order valence-electron chi connectivity index (χ2n) is 4.71. The molecule has 1 aromatic heterocycles. The second kappa shape index (κ2) is 4.78. The Morgan fingerprint density at radius 1 is 1.44 bits per heavy atom. The maximum Gasteiger partial charge on any atom is 0.308 e. The van der Waals surface area contributed by atoms with E-state index in [0.717, 1.165) is 11.1 Å². The number of benzene rings is 1. The third-order valence-corrected chi connectivity index (χ3v) is 3.13. The van der Waals surface area contributed by atoms with E-state index in [9.17, 15) is 9.90 Å². The van der Waals surface area contributed by atoms with Gasteiger partial charge in [-0.1, -0.05) is 19.9 Å². The first-order chi connectivity index (χ1) is 8.50. The van der Waals surface area contributed by atoms with Crippen LogP contribution in [0.4, 0.5) is 0 Å². The summed E-state index contributed by atoms with van der Waals surface area (Å²) in [5.41, 5.74) is 8.17. The van der Waals surface area contributed by atoms with Crippen LogP contribution in [0, 0.1) is 11.8 Å². The van der Waals surface area contributed by atoms with Gasteiger partial charge < -0.3 is 15.3 Å². The minimum atomic E-state index is -0.879. The van der Waals surface area contributed by atoms with Crippen molar-refractivity contribution in [1.82, 2.24) is 4.98 Å². The Bertz CT molecular complexity index is 562. The molecular formula is C13H16N2O3. The number of hydrogen-bond acceptors (Lipinski definition) is 4. The van der Waals surface area contributed by atoms with Gasteiger partial charge in [-0.25, -0.2) is 4.98 Å². The first-order valence-corrected chi connectivity index (χ1v) is 5.82. The number of rotatable bonds is 4. The van der Waals surface area contributed by atoms with Crippen molar-refractivity contribution in [3.05, 3.63) is 30.2 Å². The number of hydrogen-bond donors (Lipinski definition) is 2. The molecular weight excluding hydrogens is 232 g/mol. The van der Waals surface area contributed by atoms with Crippen molar-refractivity contribution in [2.45, 2.75) is 19.9 Å². The van der Waals surface area contributed by atoms with Gasteiger partial charge in [0.25, 0.3) is 0 Å². The third-order valence-electron chi connectivity index (χ3n) is 3.13. The van der Waals surface area contributed by atoms with Gasteiger partial charge in [0.05, 0.1) is 5.92 Å². The zero-order valence-corrected chi connectivity index (χ0v) is 10.3. The topological polar surface area (TPSA) is 89.3 Å². The van der Waals surface area contributed by atoms with Gasteiger partial charge in [-0.05, 0) is 23.6 Å². The van der Waals surface area contributed by atoms with Crippen LogP contribution in [0.1, 0.15) is 25.5 Å². The summed E-state index contributed by atoms with van der Waals surface area (Å²) in [6.07, 6.45) is 1.36. The van der Waals surface area contributed by atoms with Crippen molar-refractivity contribution < 1.29 is 14.3 Å². The lowest BCUT2D eigenvalue weighted by Gasteiger charge is -2.23. The van der Waals surface area contributed by atoms with Gasteiger partial charge in [-0.3, -0.25) is 4.79 Å². The molecule has 2 aromatic rings. The zero-order chi connectivity index (χ0) is 13.3. The molecule has 0 amide bonds. The van der Waals surface area contributed by atoms with Crippen LogP contribution in [-0.2, 0) is 4.79 Å². The van der Waals surface area contributed by atoms with Crippen molar-refractivity contribution in [3.8, 4) is 0 Å². The molecule has 0 aliphatic rings. The van der Waals surface area contributed by atoms with Crippen LogP contribution in [0.2, 0.25) is 0 Å². The lowest BCUT2D eigenvalue weighted by molar-refractivity contribution is -0.144. The molecule has 1 heterocycles. The molecule has 0 bridgehead atoms. The van der Waals surface area contributed by atoms with Crippen molar-refractivity contribution >= 4 is 17.1 Å². The fourth-order valence-corrected chi connectivity index (χ4v) is 2.14. The lowest BCUT2D eigenvalue weighted by Crippen LogP contribution is -2.32. The highest BCUT2D eigenvalue weighted by Gasteiger charge is 2.29. The molecule has 18 heavy (non-hydrogen) atoms. The van der Waals surface area contributed by atoms with E-state index in [4.69, 9.17) is 10.2 Å². The highest BCUT2D eigenvalue weighted by molar-refractivity contribution is 5.75. The molecule has 0 radical (unpaired) electrons. The Balaban J connectivity index is 2.36. The highest BCUT2D eigenvalue weighted by atomic mass is 16.4. The Morgan fingerprint density at radius 3 is 2.78 bits per heavy atom. The SMILES string of the molecule is CC(C)C(C(=O)O)C(N)c1ccc2ncoc2c1. The summed E-state index contributed by atoms with van der Waals surface area (Å²) in [4.78, 5) is 15.3. The standard InChI is InChI=1S/C13H16N2O3/c1-7(2)11(13(16)17)12(14)8-3-4-9-10(5-8)18-6-15-9/h3-7,11-12H,14H2,1-2H3,(H,16,17). The summed E-state index contributed by atoms with van der Waals surface area (Å²) in [5.74, 6) is -1.54. The number of aliphatic carboxylic acids is 1. The summed E-state index contributed by atoms with van der Waals surface area (Å²) >= 11 is 0. The molecule has 0 aliphatic carbocycles. The van der Waals surface area contributed by atoms with Gasteiger partial charge >= 0.3 is 5.97 Å². The molecule has 0 saturated heterocycles. The smallest absolute Gasteiger partial charge is 0.308 e. The van der Waals surface area contributed by atoms with Crippen LogP contribution >= 0.6 is 0 Å². The number of nitrogens with zero attached hydrogens (tertiary/aromatic N) is 1. The average Bonchev–Trinajstić information content (AvgIpc) is 2.74. The van der Waals surface area contributed by atoms with Gasteiger partial charge in [-0.15, -0.1) is 0 Å². The fourth-order valence-electron chi connectivity index (χ4n) is 2.14. The van der Waals surface area contributed by atoms with Crippen LogP contribution in [-0.4, -0.2) is 16.1 Å². The number of nitrogens with two attached hydrogens (primary N) is 1. The minimum Gasteiger partial charge on any atom is -0.481 e. The van der Waals surface area contributed by atoms with Gasteiger partial charge in [0.15, 0.2) is 12.0 Å². The van der Waals surface area contributed by atoms with E-state index >= 15 is 0 Å². The first-order valence-electron chi connectivity index (χ1n) is 5.82. The van der Waals surface area contributed by atoms with Crippen molar-refractivity contribution in [1.29, 1.82) is 0 Å². The Kier molecular flexibility index (Phi) is 3.34. The fraction of sp³-hybridized carbons (Fsp3) is 0.385. The predicted octanol–water partition coefficient (Wildman–Crippen LogP) is 2.18. The zero-order valence-electron chi connectivity index (χ0n) is 10.3. The van der Waals surface area contributed by atoms with E-state index < -0.39 is 17.9 Å². The molecule has 2 atom stereocenters. The van der Waals surface area contributed by atoms with E-state index in [1.807, 2.05) is 13.8 Å². The Hall–Kier alpha value is -1.88. The number of carbonyl (C=O) groups is 1. The molecule has 3 N–H and O–H groups in total. The summed E-state index contributed by atoms with van der Waals surface area (Å²) < 4.78 is 5.20. The Labute approximate surface area is 105 Å². The quantitative estimate of drug-likeness (QED) is 0.865. The second-order valence-corrected chi connectivity index (χ2v) is 4.71. The van der Waals surface area contributed by atoms with Crippen LogP contribution < -0.4 is 5.73 Å². The van der Waals surface area contributed by atoms with Crippen LogP contribution in [0.25, 0.3) is 11.1 Å². The van der Waals surface area contributed by atoms with Crippen LogP contribution in [0.5, 0.6) is 0 Å². The largest absolute Gasteiger partial charge is 0.481 e. The van der Waals surface area contributed by atoms with Gasteiger partial charge in [0.2, 0.25) is 0 Å². The van der Waals surface area contributed by atoms with Crippen molar-refractivity contribution in [2.24, 2.45) is 17.6 Å². The van der Waals surface area contributed by atoms with Crippen molar-refractivity contribution in [3.63, 3.8) is 0 Å². The monoisotopic (exact) mass is 248 g/mol. The summed E-state index contributed by atoms with van der Waals surface area (Å²) in [7, 11) is 0. The molecule has 2 unspecified atom stereocenters. The predicted molar refractivity (Wildman–Crippen MR) is 66.9 cm³/mol. The van der Waals surface area contributed by atoms with Crippen LogP contribution in [0.3, 0.4) is 0 Å².